The number of carbonyl (C=O) groups is 5. The van der Waals surface area contributed by atoms with Crippen LogP contribution in [0.2, 0.25) is 0 Å². The summed E-state index contributed by atoms with van der Waals surface area (Å²) in [4.78, 5) is 68.4. The van der Waals surface area contributed by atoms with Gasteiger partial charge in [0.1, 0.15) is 17.7 Å². The van der Waals surface area contributed by atoms with Crippen molar-refractivity contribution in [1.82, 2.24) is 15.5 Å². The van der Waals surface area contributed by atoms with Gasteiger partial charge < -0.3 is 20.3 Å². The molecule has 0 aromatic rings. The molecule has 2 N–H and O–H groups in total. The Morgan fingerprint density at radius 1 is 0.952 bits per heavy atom. The average Bonchev–Trinajstić information content (AvgIpc) is 3.65. The molecule has 4 fully saturated rings. The summed E-state index contributed by atoms with van der Waals surface area (Å²) in [5.41, 5.74) is -1.03. The molecule has 0 aromatic heterocycles. The molecule has 0 aromatic carbocycles. The number of ketones is 2. The molecule has 6 atom stereocenters. The van der Waals surface area contributed by atoms with Crippen LogP contribution in [0.1, 0.15) is 113 Å². The van der Waals surface area contributed by atoms with E-state index in [0.29, 0.717) is 18.9 Å². The van der Waals surface area contributed by atoms with Crippen LogP contribution in [0.15, 0.2) is 0 Å². The number of hydrogen-bond acceptors (Lipinski definition) is 6. The molecular formula is C33H53N3O6. The maximum absolute atomic E-state index is 14.6. The number of ether oxygens (including phenoxy) is 1. The Kier molecular flexibility index (Phi) is 9.21. The van der Waals surface area contributed by atoms with E-state index in [-0.39, 0.29) is 40.4 Å². The molecule has 4 aliphatic rings. The van der Waals surface area contributed by atoms with Gasteiger partial charge in [-0.05, 0) is 81.0 Å². The Bertz CT molecular complexity index is 1090. The zero-order valence-electron chi connectivity index (χ0n) is 27.0. The number of alkyl carbamates (subject to hydrolysis) is 1. The first-order chi connectivity index (χ1) is 19.5. The lowest BCUT2D eigenvalue weighted by molar-refractivity contribution is -0.171. The number of hydrogen-bond donors (Lipinski definition) is 2. The first-order valence-electron chi connectivity index (χ1n) is 16.2. The molecule has 42 heavy (non-hydrogen) atoms. The summed E-state index contributed by atoms with van der Waals surface area (Å²) in [5.74, 6) is -1.50. The van der Waals surface area contributed by atoms with Gasteiger partial charge in [-0.3, -0.25) is 19.2 Å². The maximum Gasteiger partial charge on any atom is 0.408 e. The average molecular weight is 588 g/mol. The lowest BCUT2D eigenvalue weighted by atomic mass is 9.39. The van der Waals surface area contributed by atoms with Crippen molar-refractivity contribution in [3.8, 4) is 0 Å². The summed E-state index contributed by atoms with van der Waals surface area (Å²) in [6, 6.07) is -2.47. The highest BCUT2D eigenvalue weighted by molar-refractivity contribution is 6.38. The van der Waals surface area contributed by atoms with Crippen LogP contribution in [-0.4, -0.2) is 64.6 Å². The molecule has 9 nitrogen and oxygen atoms in total. The van der Waals surface area contributed by atoms with Crippen LogP contribution in [0.25, 0.3) is 0 Å². The van der Waals surface area contributed by atoms with Gasteiger partial charge in [-0.15, -0.1) is 0 Å². The van der Waals surface area contributed by atoms with E-state index in [2.05, 4.69) is 38.3 Å². The molecule has 1 aliphatic heterocycles. The Hall–Kier alpha value is -2.45. The minimum Gasteiger partial charge on any atom is -0.444 e. The van der Waals surface area contributed by atoms with Gasteiger partial charge in [-0.1, -0.05) is 59.8 Å². The van der Waals surface area contributed by atoms with E-state index in [0.717, 1.165) is 51.4 Å². The summed E-state index contributed by atoms with van der Waals surface area (Å²) in [7, 11) is 0. The lowest BCUT2D eigenvalue weighted by Gasteiger charge is -2.64. The number of amides is 3. The predicted molar refractivity (Wildman–Crippen MR) is 159 cm³/mol. The summed E-state index contributed by atoms with van der Waals surface area (Å²) in [6.07, 6.45) is 7.32. The summed E-state index contributed by atoms with van der Waals surface area (Å²) in [6.45, 7) is 15.8. The van der Waals surface area contributed by atoms with E-state index in [1.54, 1.807) is 25.7 Å². The van der Waals surface area contributed by atoms with Crippen molar-refractivity contribution < 1.29 is 28.7 Å². The Labute approximate surface area is 251 Å². The molecule has 0 radical (unpaired) electrons. The van der Waals surface area contributed by atoms with Crippen LogP contribution in [0.5, 0.6) is 0 Å². The van der Waals surface area contributed by atoms with Crippen molar-refractivity contribution >= 4 is 29.5 Å². The van der Waals surface area contributed by atoms with Crippen molar-refractivity contribution in [2.75, 3.05) is 6.54 Å². The van der Waals surface area contributed by atoms with E-state index in [4.69, 9.17) is 4.74 Å². The highest BCUT2D eigenvalue weighted by atomic mass is 16.6. The minimum absolute atomic E-state index is 0.0480. The molecule has 236 valence electrons. The SMILES string of the molecule is CCC1(C)C2C(C(=O)NC(CC3CC3)C(=O)C(C)=O)N(C(=O)C(NC(=O)OC(C)(C)C)C3CCCCC3)CC2C1(C)C. The Morgan fingerprint density at radius 2 is 1.57 bits per heavy atom. The van der Waals surface area contributed by atoms with Crippen LogP contribution in [0.4, 0.5) is 4.79 Å². The molecular weight excluding hydrogens is 534 g/mol. The second kappa shape index (κ2) is 11.9. The fourth-order valence-corrected chi connectivity index (χ4v) is 8.19. The van der Waals surface area contributed by atoms with Crippen LogP contribution in [0, 0.1) is 34.5 Å². The van der Waals surface area contributed by atoms with Gasteiger partial charge >= 0.3 is 6.09 Å². The van der Waals surface area contributed by atoms with E-state index in [9.17, 15) is 24.0 Å². The molecule has 3 saturated carbocycles. The van der Waals surface area contributed by atoms with E-state index in [1.807, 2.05) is 0 Å². The third kappa shape index (κ3) is 6.26. The molecule has 1 heterocycles. The second-order valence-electron chi connectivity index (χ2n) is 15.2. The van der Waals surface area contributed by atoms with Gasteiger partial charge in [-0.25, -0.2) is 4.79 Å². The third-order valence-corrected chi connectivity index (χ3v) is 11.2. The summed E-state index contributed by atoms with van der Waals surface area (Å²) >= 11 is 0. The number of nitrogens with one attached hydrogen (secondary N) is 2. The first kappa shape index (κ1) is 32.5. The van der Waals surface area contributed by atoms with E-state index >= 15 is 0 Å². The van der Waals surface area contributed by atoms with Gasteiger partial charge in [0.15, 0.2) is 5.78 Å². The molecule has 6 unspecified atom stereocenters. The molecule has 1 saturated heterocycles. The van der Waals surface area contributed by atoms with E-state index in [1.165, 1.54) is 6.92 Å². The number of Topliss-reactive ketones (excluding diaryl/α,β-unsaturated/α-hetero) is 2. The predicted octanol–water partition coefficient (Wildman–Crippen LogP) is 4.80. The van der Waals surface area contributed by atoms with Crippen LogP contribution >= 0.6 is 0 Å². The number of rotatable bonds is 10. The zero-order chi connectivity index (χ0) is 31.2. The molecule has 0 spiro atoms. The monoisotopic (exact) mass is 587 g/mol. The highest BCUT2D eigenvalue weighted by Crippen LogP contribution is 2.70. The molecule has 3 aliphatic carbocycles. The standard InChI is InChI=1S/C33H53N3O6/c1-9-33(8)24-22(32(33,6)7)18-36(26(24)28(39)34-23(17-20-15-16-20)27(38)19(2)37)29(40)25(21-13-11-10-12-14-21)35-30(41)42-31(3,4)5/h20-26H,9-18H2,1-8H3,(H,34,39)(H,35,41). The first-order valence-corrected chi connectivity index (χ1v) is 16.2. The fraction of sp³-hybridized carbons (Fsp3) is 0.848. The van der Waals surface area contributed by atoms with Gasteiger partial charge in [-0.2, -0.15) is 0 Å². The number of carbonyl (C=O) groups excluding carboxylic acids is 5. The van der Waals surface area contributed by atoms with Crippen molar-refractivity contribution in [3.63, 3.8) is 0 Å². The quantitative estimate of drug-likeness (QED) is 0.354. The highest BCUT2D eigenvalue weighted by Gasteiger charge is 2.71. The van der Waals surface area contributed by atoms with Gasteiger partial charge in [0, 0.05) is 13.5 Å². The second-order valence-corrected chi connectivity index (χ2v) is 15.2. The van der Waals surface area contributed by atoms with Crippen molar-refractivity contribution in [3.05, 3.63) is 0 Å². The van der Waals surface area contributed by atoms with Crippen molar-refractivity contribution in [2.45, 2.75) is 137 Å². The number of fused-ring (bicyclic) bond motifs is 1. The molecule has 0 bridgehead atoms. The number of nitrogens with zero attached hydrogens (tertiary/aromatic N) is 1. The lowest BCUT2D eigenvalue weighted by Crippen LogP contribution is -2.65. The summed E-state index contributed by atoms with van der Waals surface area (Å²) in [5, 5.41) is 5.86. The summed E-state index contributed by atoms with van der Waals surface area (Å²) < 4.78 is 5.56. The largest absolute Gasteiger partial charge is 0.444 e. The number of likely N-dealkylation sites (tertiary alicyclic amines) is 1. The Balaban J connectivity index is 1.67. The van der Waals surface area contributed by atoms with Gasteiger partial charge in [0.25, 0.3) is 0 Å². The molecule has 9 heteroatoms. The molecule has 4 rings (SSSR count). The van der Waals surface area contributed by atoms with Gasteiger partial charge in [0.2, 0.25) is 17.6 Å². The Morgan fingerprint density at radius 3 is 2.10 bits per heavy atom. The third-order valence-electron chi connectivity index (χ3n) is 11.2. The fourth-order valence-electron chi connectivity index (χ4n) is 8.19. The van der Waals surface area contributed by atoms with E-state index < -0.39 is 41.4 Å². The van der Waals surface area contributed by atoms with Crippen molar-refractivity contribution in [2.24, 2.45) is 34.5 Å². The molecule has 3 amide bonds. The van der Waals surface area contributed by atoms with Crippen LogP contribution < -0.4 is 10.6 Å². The van der Waals surface area contributed by atoms with Crippen molar-refractivity contribution in [1.29, 1.82) is 0 Å². The van der Waals surface area contributed by atoms with Crippen LogP contribution in [0.3, 0.4) is 0 Å². The zero-order valence-corrected chi connectivity index (χ0v) is 27.0. The minimum atomic E-state index is -0.881. The maximum atomic E-state index is 14.6. The normalized spacial score (nSPS) is 30.4. The van der Waals surface area contributed by atoms with Gasteiger partial charge in [0.05, 0.1) is 6.04 Å². The topological polar surface area (TPSA) is 122 Å². The smallest absolute Gasteiger partial charge is 0.408 e. The van der Waals surface area contributed by atoms with Crippen LogP contribution in [-0.2, 0) is 23.9 Å².